The lowest BCUT2D eigenvalue weighted by molar-refractivity contribution is 0.0921. The van der Waals surface area contributed by atoms with Gasteiger partial charge >= 0.3 is 0 Å². The van der Waals surface area contributed by atoms with Crippen molar-refractivity contribution in [3.63, 3.8) is 0 Å². The largest absolute Gasteiger partial charge is 0.397 e. The van der Waals surface area contributed by atoms with E-state index in [0.717, 1.165) is 12.8 Å². The van der Waals surface area contributed by atoms with Crippen LogP contribution in [-0.2, 0) is 0 Å². The first-order chi connectivity index (χ1) is 7.58. The van der Waals surface area contributed by atoms with Gasteiger partial charge in [-0.15, -0.1) is 0 Å². The monoisotopic (exact) mass is 223 g/mol. The van der Waals surface area contributed by atoms with Crippen LogP contribution in [0.5, 0.6) is 0 Å². The van der Waals surface area contributed by atoms with Gasteiger partial charge in [-0.25, -0.2) is 0 Å². The first-order valence-corrected chi connectivity index (χ1v) is 5.83. The Hall–Kier alpha value is -1.45. The topological polar surface area (TPSA) is 70.9 Å². The Bertz CT molecular complexity index is 342. The average molecular weight is 223 g/mol. The molecule has 0 saturated heterocycles. The van der Waals surface area contributed by atoms with Crippen LogP contribution < -0.4 is 11.1 Å². The van der Waals surface area contributed by atoms with Gasteiger partial charge < -0.3 is 16.0 Å². The standard InChI is InChI=1S/C12H21N3O/c1-4-9(5-2)8(3)15-12(16)11-6-10(13)7-14-11/h6-9,14H,4-5,13H2,1-3H3,(H,15,16). The van der Waals surface area contributed by atoms with Crippen LogP contribution >= 0.6 is 0 Å². The summed E-state index contributed by atoms with van der Waals surface area (Å²) in [5.41, 5.74) is 6.66. The Balaban J connectivity index is 2.57. The fraction of sp³-hybridized carbons (Fsp3) is 0.583. The summed E-state index contributed by atoms with van der Waals surface area (Å²) in [6.45, 7) is 6.33. The summed E-state index contributed by atoms with van der Waals surface area (Å²) in [6, 6.07) is 1.83. The average Bonchev–Trinajstić information content (AvgIpc) is 2.66. The maximum atomic E-state index is 11.8. The Morgan fingerprint density at radius 3 is 2.56 bits per heavy atom. The Labute approximate surface area is 96.6 Å². The molecule has 0 bridgehead atoms. The molecule has 1 unspecified atom stereocenters. The zero-order valence-corrected chi connectivity index (χ0v) is 10.2. The van der Waals surface area contributed by atoms with E-state index in [1.54, 1.807) is 12.3 Å². The smallest absolute Gasteiger partial charge is 0.267 e. The van der Waals surface area contributed by atoms with E-state index in [1.807, 2.05) is 6.92 Å². The zero-order chi connectivity index (χ0) is 12.1. The molecule has 1 atom stereocenters. The molecule has 0 aliphatic rings. The van der Waals surface area contributed by atoms with Crippen molar-refractivity contribution in [2.24, 2.45) is 5.92 Å². The number of anilines is 1. The van der Waals surface area contributed by atoms with Crippen LogP contribution in [0.25, 0.3) is 0 Å². The van der Waals surface area contributed by atoms with Crippen LogP contribution in [0.4, 0.5) is 5.69 Å². The number of amides is 1. The van der Waals surface area contributed by atoms with Crippen LogP contribution in [0.15, 0.2) is 12.3 Å². The number of hydrogen-bond donors (Lipinski definition) is 3. The third kappa shape index (κ3) is 3.02. The van der Waals surface area contributed by atoms with E-state index in [2.05, 4.69) is 24.1 Å². The number of aromatic amines is 1. The van der Waals surface area contributed by atoms with Crippen molar-refractivity contribution in [1.82, 2.24) is 10.3 Å². The summed E-state index contributed by atoms with van der Waals surface area (Å²) in [4.78, 5) is 14.7. The normalized spacial score (nSPS) is 12.8. The number of H-pyrrole nitrogens is 1. The van der Waals surface area contributed by atoms with Crippen LogP contribution in [0.1, 0.15) is 44.1 Å². The van der Waals surface area contributed by atoms with Gasteiger partial charge in [-0.3, -0.25) is 4.79 Å². The van der Waals surface area contributed by atoms with Crippen molar-refractivity contribution in [2.75, 3.05) is 5.73 Å². The lowest BCUT2D eigenvalue weighted by Gasteiger charge is -2.22. The first-order valence-electron chi connectivity index (χ1n) is 5.83. The number of nitrogens with two attached hydrogens (primary N) is 1. The number of nitrogen functional groups attached to an aromatic ring is 1. The molecule has 0 aromatic carbocycles. The van der Waals surface area contributed by atoms with Crippen LogP contribution in [0.2, 0.25) is 0 Å². The number of carbonyl (C=O) groups excluding carboxylic acids is 1. The van der Waals surface area contributed by atoms with Gasteiger partial charge in [0.2, 0.25) is 0 Å². The molecule has 0 saturated carbocycles. The molecular formula is C12H21N3O. The quantitative estimate of drug-likeness (QED) is 0.715. The molecule has 4 nitrogen and oxygen atoms in total. The van der Waals surface area contributed by atoms with Crippen LogP contribution in [0.3, 0.4) is 0 Å². The number of aromatic nitrogens is 1. The molecule has 1 heterocycles. The summed E-state index contributed by atoms with van der Waals surface area (Å²) >= 11 is 0. The highest BCUT2D eigenvalue weighted by Crippen LogP contribution is 2.13. The molecule has 0 radical (unpaired) electrons. The minimum Gasteiger partial charge on any atom is -0.397 e. The van der Waals surface area contributed by atoms with Crippen molar-refractivity contribution in [2.45, 2.75) is 39.7 Å². The maximum Gasteiger partial charge on any atom is 0.267 e. The van der Waals surface area contributed by atoms with Gasteiger partial charge in [-0.1, -0.05) is 26.7 Å². The first kappa shape index (κ1) is 12.6. The molecule has 90 valence electrons. The molecule has 1 aromatic rings. The minimum absolute atomic E-state index is 0.0869. The van der Waals surface area contributed by atoms with Crippen molar-refractivity contribution < 1.29 is 4.79 Å². The molecule has 16 heavy (non-hydrogen) atoms. The third-order valence-corrected chi connectivity index (χ3v) is 3.06. The Morgan fingerprint density at radius 1 is 1.50 bits per heavy atom. The second-order valence-electron chi connectivity index (χ2n) is 4.19. The van der Waals surface area contributed by atoms with Gasteiger partial charge in [-0.2, -0.15) is 0 Å². The lowest BCUT2D eigenvalue weighted by atomic mass is 9.95. The summed E-state index contributed by atoms with van der Waals surface area (Å²) in [7, 11) is 0. The highest BCUT2D eigenvalue weighted by Gasteiger charge is 2.17. The molecule has 0 spiro atoms. The summed E-state index contributed by atoms with van der Waals surface area (Å²) in [6.07, 6.45) is 3.77. The molecular weight excluding hydrogens is 202 g/mol. The van der Waals surface area contributed by atoms with Crippen molar-refractivity contribution in [3.8, 4) is 0 Å². The highest BCUT2D eigenvalue weighted by molar-refractivity contribution is 5.93. The number of nitrogens with one attached hydrogen (secondary N) is 2. The van der Waals surface area contributed by atoms with E-state index in [0.29, 0.717) is 17.3 Å². The lowest BCUT2D eigenvalue weighted by Crippen LogP contribution is -2.37. The summed E-state index contributed by atoms with van der Waals surface area (Å²) in [5, 5.41) is 2.99. The van der Waals surface area contributed by atoms with E-state index in [-0.39, 0.29) is 11.9 Å². The molecule has 1 rings (SSSR count). The Morgan fingerprint density at radius 2 is 2.12 bits per heavy atom. The second kappa shape index (κ2) is 5.58. The van der Waals surface area contributed by atoms with E-state index < -0.39 is 0 Å². The van der Waals surface area contributed by atoms with Gasteiger partial charge in [0.25, 0.3) is 5.91 Å². The Kier molecular flexibility index (Phi) is 4.40. The highest BCUT2D eigenvalue weighted by atomic mass is 16.1. The van der Waals surface area contributed by atoms with Gasteiger partial charge in [0.1, 0.15) is 5.69 Å². The summed E-state index contributed by atoms with van der Waals surface area (Å²) in [5.74, 6) is 0.437. The van der Waals surface area contributed by atoms with Crippen molar-refractivity contribution >= 4 is 11.6 Å². The molecule has 1 aromatic heterocycles. The molecule has 1 amide bonds. The van der Waals surface area contributed by atoms with Gasteiger partial charge in [-0.05, 0) is 18.9 Å². The van der Waals surface area contributed by atoms with E-state index in [1.165, 1.54) is 0 Å². The number of carbonyl (C=O) groups is 1. The second-order valence-corrected chi connectivity index (χ2v) is 4.19. The minimum atomic E-state index is -0.0869. The zero-order valence-electron chi connectivity index (χ0n) is 10.2. The maximum absolute atomic E-state index is 11.8. The van der Waals surface area contributed by atoms with Crippen molar-refractivity contribution in [3.05, 3.63) is 18.0 Å². The fourth-order valence-electron chi connectivity index (χ4n) is 1.94. The molecule has 0 aliphatic heterocycles. The van der Waals surface area contributed by atoms with Crippen LogP contribution in [0, 0.1) is 5.92 Å². The fourth-order valence-corrected chi connectivity index (χ4v) is 1.94. The van der Waals surface area contributed by atoms with Gasteiger partial charge in [0, 0.05) is 17.9 Å². The molecule has 4 N–H and O–H groups in total. The molecule has 0 aliphatic carbocycles. The van der Waals surface area contributed by atoms with E-state index in [4.69, 9.17) is 5.73 Å². The van der Waals surface area contributed by atoms with Gasteiger partial charge in [0.05, 0.1) is 0 Å². The van der Waals surface area contributed by atoms with Crippen LogP contribution in [-0.4, -0.2) is 16.9 Å². The predicted molar refractivity (Wildman–Crippen MR) is 66.2 cm³/mol. The predicted octanol–water partition coefficient (Wildman–Crippen LogP) is 2.15. The van der Waals surface area contributed by atoms with Crippen molar-refractivity contribution in [1.29, 1.82) is 0 Å². The molecule has 4 heteroatoms. The summed E-state index contributed by atoms with van der Waals surface area (Å²) < 4.78 is 0. The third-order valence-electron chi connectivity index (χ3n) is 3.06. The number of hydrogen-bond acceptors (Lipinski definition) is 2. The SMILES string of the molecule is CCC(CC)C(C)NC(=O)c1cc(N)c[nH]1. The van der Waals surface area contributed by atoms with Gasteiger partial charge in [0.15, 0.2) is 0 Å². The number of rotatable bonds is 5. The van der Waals surface area contributed by atoms with E-state index in [9.17, 15) is 4.79 Å². The molecule has 0 fully saturated rings. The van der Waals surface area contributed by atoms with E-state index >= 15 is 0 Å².